The summed E-state index contributed by atoms with van der Waals surface area (Å²) >= 11 is 0. The smallest absolute Gasteiger partial charge is 0.354 e. The summed E-state index contributed by atoms with van der Waals surface area (Å²) in [7, 11) is -4.34. The van der Waals surface area contributed by atoms with Gasteiger partial charge in [-0.15, -0.1) is 5.10 Å². The van der Waals surface area contributed by atoms with Crippen molar-refractivity contribution in [2.45, 2.75) is 32.2 Å². The third kappa shape index (κ3) is 6.08. The molecule has 2 N–H and O–H groups in total. The van der Waals surface area contributed by atoms with E-state index in [4.69, 9.17) is 0 Å². The van der Waals surface area contributed by atoms with E-state index < -0.39 is 27.4 Å². The van der Waals surface area contributed by atoms with Crippen molar-refractivity contribution in [3.05, 3.63) is 59.6 Å². The molecular weight excluding hydrogens is 489 g/mol. The van der Waals surface area contributed by atoms with Crippen LogP contribution in [0.3, 0.4) is 0 Å². The van der Waals surface area contributed by atoms with Crippen molar-refractivity contribution in [1.29, 1.82) is 0 Å². The highest BCUT2D eigenvalue weighted by atomic mass is 32.2. The number of hydrazine groups is 1. The molecule has 2 aliphatic rings. The molecule has 2 heterocycles. The van der Waals surface area contributed by atoms with E-state index in [-0.39, 0.29) is 17.2 Å². The van der Waals surface area contributed by atoms with Gasteiger partial charge in [0.05, 0.1) is 5.57 Å². The Morgan fingerprint density at radius 3 is 2.69 bits per heavy atom. The van der Waals surface area contributed by atoms with Gasteiger partial charge in [-0.1, -0.05) is 23.8 Å². The molecule has 0 saturated carbocycles. The number of nitrogens with one attached hydrogen (secondary N) is 2. The van der Waals surface area contributed by atoms with Gasteiger partial charge in [0.25, 0.3) is 11.8 Å². The summed E-state index contributed by atoms with van der Waals surface area (Å²) in [6.45, 7) is 3.36. The molecule has 1 aromatic heterocycles. The van der Waals surface area contributed by atoms with Crippen molar-refractivity contribution in [1.82, 2.24) is 20.2 Å². The molecule has 0 radical (unpaired) electrons. The van der Waals surface area contributed by atoms with E-state index >= 15 is 0 Å². The lowest BCUT2D eigenvalue weighted by molar-refractivity contribution is -0.113. The largest absolute Gasteiger partial charge is 0.534 e. The first kappa shape index (κ1) is 26.0. The van der Waals surface area contributed by atoms with Crippen LogP contribution in [0.5, 0.6) is 5.88 Å². The number of carbonyl (C=O) groups excluding carboxylic acids is 1. The standard InChI is InChI=1S/C21H23F3N6O4S/c1-14-7-4-5-8-16(10-9-14)30-17(13-18(28-30)34-35(32,33)21(22,23)24)27-20(31)15(2)19-26-11-6-12-29(19)25-3/h4,6-7,9-13,25H,5,8H2,1-3H3,(H,27,31)/b7-4-,14-9-,16-10+,19-15+. The van der Waals surface area contributed by atoms with Crippen molar-refractivity contribution < 1.29 is 30.6 Å². The van der Waals surface area contributed by atoms with Gasteiger partial charge in [-0.05, 0) is 38.8 Å². The summed E-state index contributed by atoms with van der Waals surface area (Å²) in [6, 6.07) is 0.908. The fourth-order valence-electron chi connectivity index (χ4n) is 3.05. The van der Waals surface area contributed by atoms with E-state index in [9.17, 15) is 26.4 Å². The van der Waals surface area contributed by atoms with Gasteiger partial charge in [-0.2, -0.15) is 21.6 Å². The molecule has 0 fully saturated rings. The Hall–Kier alpha value is -3.65. The molecule has 3 rings (SSSR count). The van der Waals surface area contributed by atoms with Crippen LogP contribution in [-0.2, 0) is 14.9 Å². The van der Waals surface area contributed by atoms with Gasteiger partial charge in [0, 0.05) is 31.2 Å². The number of allylic oxidation sites excluding steroid dienone is 7. The normalized spacial score (nSPS) is 21.8. The Morgan fingerprint density at radius 1 is 1.26 bits per heavy atom. The Bertz CT molecular complexity index is 1290. The number of carbonyl (C=O) groups is 1. The minimum Gasteiger partial charge on any atom is -0.354 e. The molecule has 1 aromatic rings. The van der Waals surface area contributed by atoms with Gasteiger partial charge in [0.15, 0.2) is 5.82 Å². The fourth-order valence-corrected chi connectivity index (χ4v) is 3.45. The van der Waals surface area contributed by atoms with E-state index in [1.54, 1.807) is 31.5 Å². The molecule has 1 aliphatic heterocycles. The molecule has 1 aliphatic carbocycles. The minimum absolute atomic E-state index is 0.0875. The summed E-state index contributed by atoms with van der Waals surface area (Å²) in [5, 5.41) is 7.94. The van der Waals surface area contributed by atoms with Crippen molar-refractivity contribution in [2.24, 2.45) is 4.99 Å². The maximum absolute atomic E-state index is 13.0. The molecule has 1 amide bonds. The van der Waals surface area contributed by atoms with Crippen LogP contribution in [0.15, 0.2) is 64.6 Å². The summed E-state index contributed by atoms with van der Waals surface area (Å²) in [5.41, 5.74) is -1.24. The average molecular weight is 513 g/mol. The number of anilines is 1. The number of halogens is 3. The Balaban J connectivity index is 2.02. The second-order valence-electron chi connectivity index (χ2n) is 7.39. The minimum atomic E-state index is -5.96. The first-order valence-corrected chi connectivity index (χ1v) is 11.7. The van der Waals surface area contributed by atoms with Gasteiger partial charge in [0.2, 0.25) is 0 Å². The molecule has 0 aromatic carbocycles. The van der Waals surface area contributed by atoms with Crippen molar-refractivity contribution in [3.63, 3.8) is 0 Å². The molecular formula is C21H23F3N6O4S. The highest BCUT2D eigenvalue weighted by molar-refractivity contribution is 7.87. The van der Waals surface area contributed by atoms with Crippen molar-refractivity contribution >= 4 is 33.8 Å². The van der Waals surface area contributed by atoms with E-state index in [2.05, 4.69) is 25.0 Å². The zero-order valence-electron chi connectivity index (χ0n) is 19.0. The van der Waals surface area contributed by atoms with Crippen LogP contribution in [0.4, 0.5) is 19.0 Å². The third-order valence-corrected chi connectivity index (χ3v) is 5.79. The lowest BCUT2D eigenvalue weighted by Crippen LogP contribution is -2.32. The second kappa shape index (κ2) is 10.3. The van der Waals surface area contributed by atoms with Crippen LogP contribution >= 0.6 is 0 Å². The lowest BCUT2D eigenvalue weighted by Gasteiger charge is -2.23. The lowest BCUT2D eigenvalue weighted by atomic mass is 10.1. The zero-order valence-corrected chi connectivity index (χ0v) is 19.8. The number of hydrogen-bond donors (Lipinski definition) is 2. The molecule has 0 bridgehead atoms. The summed E-state index contributed by atoms with van der Waals surface area (Å²) in [6.07, 6.45) is 13.0. The van der Waals surface area contributed by atoms with E-state index in [0.29, 0.717) is 18.5 Å². The van der Waals surface area contributed by atoms with Gasteiger partial charge >= 0.3 is 15.6 Å². The fraction of sp³-hybridized carbons (Fsp3) is 0.286. The molecule has 14 heteroatoms. The Kier molecular flexibility index (Phi) is 7.65. The quantitative estimate of drug-likeness (QED) is 0.341. The molecule has 0 unspecified atom stereocenters. The predicted octanol–water partition coefficient (Wildman–Crippen LogP) is 3.45. The molecule has 0 atom stereocenters. The number of alkyl halides is 3. The van der Waals surface area contributed by atoms with E-state index in [1.165, 1.54) is 18.1 Å². The number of rotatable bonds is 6. The second-order valence-corrected chi connectivity index (χ2v) is 8.93. The number of aliphatic imine (C=N–C) groups is 1. The van der Waals surface area contributed by atoms with Gasteiger partial charge in [-0.3, -0.25) is 9.80 Å². The van der Waals surface area contributed by atoms with Crippen LogP contribution in [-0.4, -0.2) is 47.9 Å². The van der Waals surface area contributed by atoms with Crippen molar-refractivity contribution in [3.8, 4) is 5.88 Å². The van der Waals surface area contributed by atoms with Crippen LogP contribution in [0.25, 0.3) is 5.70 Å². The molecule has 10 nitrogen and oxygen atoms in total. The molecule has 0 spiro atoms. The highest BCUT2D eigenvalue weighted by Gasteiger charge is 2.49. The Labute approximate surface area is 199 Å². The predicted molar refractivity (Wildman–Crippen MR) is 124 cm³/mol. The number of nitrogens with zero attached hydrogens (tertiary/aromatic N) is 4. The number of hydrogen-bond acceptors (Lipinski definition) is 8. The van der Waals surface area contributed by atoms with E-state index in [0.717, 1.165) is 16.3 Å². The molecule has 35 heavy (non-hydrogen) atoms. The van der Waals surface area contributed by atoms with Crippen LogP contribution < -0.4 is 14.9 Å². The van der Waals surface area contributed by atoms with E-state index in [1.807, 2.05) is 19.1 Å². The number of amides is 1. The topological polar surface area (TPSA) is 118 Å². The average Bonchev–Trinajstić information content (AvgIpc) is 3.16. The molecule has 188 valence electrons. The summed E-state index contributed by atoms with van der Waals surface area (Å²) in [5.74, 6) is -1.30. The van der Waals surface area contributed by atoms with Crippen LogP contribution in [0.2, 0.25) is 0 Å². The maximum atomic E-state index is 13.0. The highest BCUT2D eigenvalue weighted by Crippen LogP contribution is 2.30. The summed E-state index contributed by atoms with van der Waals surface area (Å²) < 4.78 is 66.9. The third-order valence-electron chi connectivity index (χ3n) is 4.83. The first-order valence-electron chi connectivity index (χ1n) is 10.3. The monoisotopic (exact) mass is 512 g/mol. The SMILES string of the molecule is CNN1C=CC=N/C1=C(/C)C(=O)Nc1cc(OS(=O)(=O)C(F)(F)F)nn1/C1=C/C=C(C)\C=C/CC1. The molecule has 0 saturated heterocycles. The number of aromatic nitrogens is 2. The first-order chi connectivity index (χ1) is 16.4. The van der Waals surface area contributed by atoms with Crippen molar-refractivity contribution in [2.75, 3.05) is 12.4 Å². The summed E-state index contributed by atoms with van der Waals surface area (Å²) in [4.78, 5) is 17.2. The Morgan fingerprint density at radius 2 is 2.00 bits per heavy atom. The van der Waals surface area contributed by atoms with Gasteiger partial charge in [0.1, 0.15) is 5.82 Å². The van der Waals surface area contributed by atoms with Crippen LogP contribution in [0, 0.1) is 0 Å². The zero-order chi connectivity index (χ0) is 25.8. The maximum Gasteiger partial charge on any atom is 0.534 e. The van der Waals surface area contributed by atoms with Crippen LogP contribution in [0.1, 0.15) is 26.7 Å². The van der Waals surface area contributed by atoms with Gasteiger partial charge in [-0.25, -0.2) is 15.1 Å². The van der Waals surface area contributed by atoms with Gasteiger partial charge < -0.3 is 9.50 Å².